The number of hydrogen-bond acceptors (Lipinski definition) is 4. The van der Waals surface area contributed by atoms with E-state index in [4.69, 9.17) is 4.74 Å². The summed E-state index contributed by atoms with van der Waals surface area (Å²) < 4.78 is 47.2. The topological polar surface area (TPSA) is 53.1 Å². The maximum absolute atomic E-state index is 13.7. The van der Waals surface area contributed by atoms with Crippen LogP contribution in [0.2, 0.25) is 0 Å². The Morgan fingerprint density at radius 3 is 2.31 bits per heavy atom. The van der Waals surface area contributed by atoms with Crippen molar-refractivity contribution in [2.24, 2.45) is 5.92 Å². The molecule has 2 aliphatic heterocycles. The Labute approximate surface area is 186 Å². The highest BCUT2D eigenvalue weighted by molar-refractivity contribution is 5.99. The van der Waals surface area contributed by atoms with Crippen LogP contribution in [0.15, 0.2) is 24.3 Å². The monoisotopic (exact) mass is 453 g/mol. The summed E-state index contributed by atoms with van der Waals surface area (Å²) in [5.41, 5.74) is -2.45. The summed E-state index contributed by atoms with van der Waals surface area (Å²) in [5, 5.41) is 0. The van der Waals surface area contributed by atoms with Crippen LogP contribution in [0.4, 0.5) is 13.2 Å². The number of hydrogen-bond donors (Lipinski definition) is 0. The van der Waals surface area contributed by atoms with Crippen molar-refractivity contribution in [2.45, 2.75) is 50.6 Å². The number of nitrogens with zero attached hydrogens (tertiary/aromatic N) is 3. The molecular formula is C23H30F3N3O3. The molecule has 1 spiro atoms. The number of piperazine rings is 1. The second kappa shape index (κ2) is 8.67. The third kappa shape index (κ3) is 4.24. The summed E-state index contributed by atoms with van der Waals surface area (Å²) in [6, 6.07) is 3.88. The quantitative estimate of drug-likeness (QED) is 0.690. The van der Waals surface area contributed by atoms with Gasteiger partial charge in [0.25, 0.3) is 5.91 Å². The summed E-state index contributed by atoms with van der Waals surface area (Å²) >= 11 is 0. The molecule has 1 aromatic carbocycles. The van der Waals surface area contributed by atoms with Crippen LogP contribution in [-0.4, -0.2) is 78.1 Å². The van der Waals surface area contributed by atoms with Crippen molar-refractivity contribution in [3.05, 3.63) is 35.4 Å². The fourth-order valence-corrected chi connectivity index (χ4v) is 5.05. The first-order valence-electron chi connectivity index (χ1n) is 11.2. The van der Waals surface area contributed by atoms with Gasteiger partial charge >= 0.3 is 6.18 Å². The van der Waals surface area contributed by atoms with Crippen molar-refractivity contribution >= 4 is 11.8 Å². The highest BCUT2D eigenvalue weighted by Crippen LogP contribution is 2.44. The Hall–Kier alpha value is -2.13. The maximum Gasteiger partial charge on any atom is 0.417 e. The van der Waals surface area contributed by atoms with E-state index < -0.39 is 35.0 Å². The van der Waals surface area contributed by atoms with Crippen LogP contribution in [0.3, 0.4) is 0 Å². The Morgan fingerprint density at radius 2 is 1.69 bits per heavy atom. The SMILES string of the molecule is CC1CCC2(CC1)OCC(C(=O)N1CCN(C)CC1)N2C(=O)c1ccccc1C(F)(F)F. The lowest BCUT2D eigenvalue weighted by molar-refractivity contribution is -0.140. The van der Waals surface area contributed by atoms with E-state index in [1.165, 1.54) is 23.1 Å². The second-order valence-corrected chi connectivity index (χ2v) is 9.30. The Bertz CT molecular complexity index is 860. The summed E-state index contributed by atoms with van der Waals surface area (Å²) in [4.78, 5) is 32.3. The van der Waals surface area contributed by atoms with Crippen molar-refractivity contribution in [3.63, 3.8) is 0 Å². The van der Waals surface area contributed by atoms with Crippen molar-refractivity contribution in [3.8, 4) is 0 Å². The molecule has 9 heteroatoms. The number of alkyl halides is 3. The number of ether oxygens (including phenoxy) is 1. The third-order valence-electron chi connectivity index (χ3n) is 7.10. The second-order valence-electron chi connectivity index (χ2n) is 9.30. The lowest BCUT2D eigenvalue weighted by Crippen LogP contribution is -2.59. The van der Waals surface area contributed by atoms with Gasteiger partial charge in [0.2, 0.25) is 5.91 Å². The minimum Gasteiger partial charge on any atom is -0.353 e. The zero-order valence-corrected chi connectivity index (χ0v) is 18.5. The molecule has 0 N–H and O–H groups in total. The van der Waals surface area contributed by atoms with Gasteiger partial charge < -0.3 is 14.5 Å². The molecule has 176 valence electrons. The van der Waals surface area contributed by atoms with Gasteiger partial charge in [-0.2, -0.15) is 13.2 Å². The van der Waals surface area contributed by atoms with Gasteiger partial charge in [-0.05, 0) is 50.8 Å². The average molecular weight is 454 g/mol. The van der Waals surface area contributed by atoms with Gasteiger partial charge in [0.1, 0.15) is 11.8 Å². The minimum atomic E-state index is -4.67. The number of likely N-dealkylation sites (N-methyl/N-ethyl adjacent to an activating group) is 1. The van der Waals surface area contributed by atoms with Gasteiger partial charge in [-0.1, -0.05) is 19.1 Å². The fourth-order valence-electron chi connectivity index (χ4n) is 5.05. The van der Waals surface area contributed by atoms with Gasteiger partial charge in [0.05, 0.1) is 17.7 Å². The summed E-state index contributed by atoms with van der Waals surface area (Å²) in [7, 11) is 1.97. The predicted octanol–water partition coefficient (Wildman–Crippen LogP) is 3.23. The smallest absolute Gasteiger partial charge is 0.353 e. The molecule has 0 radical (unpaired) electrons. The van der Waals surface area contributed by atoms with E-state index >= 15 is 0 Å². The zero-order chi connectivity index (χ0) is 23.1. The van der Waals surface area contributed by atoms with E-state index in [0.29, 0.717) is 44.9 Å². The van der Waals surface area contributed by atoms with Crippen molar-refractivity contribution < 1.29 is 27.5 Å². The van der Waals surface area contributed by atoms with Crippen LogP contribution >= 0.6 is 0 Å². The molecule has 32 heavy (non-hydrogen) atoms. The molecule has 2 heterocycles. The average Bonchev–Trinajstić information content (AvgIpc) is 3.13. The number of benzene rings is 1. The van der Waals surface area contributed by atoms with Crippen LogP contribution in [0.5, 0.6) is 0 Å². The maximum atomic E-state index is 13.7. The van der Waals surface area contributed by atoms with Crippen molar-refractivity contribution in [1.82, 2.24) is 14.7 Å². The van der Waals surface area contributed by atoms with Crippen LogP contribution in [0.25, 0.3) is 0 Å². The van der Waals surface area contributed by atoms with E-state index in [1.807, 2.05) is 7.05 Å². The molecule has 1 aliphatic carbocycles. The van der Waals surface area contributed by atoms with E-state index in [1.54, 1.807) is 4.90 Å². The number of carbonyl (C=O) groups is 2. The van der Waals surface area contributed by atoms with E-state index in [0.717, 1.165) is 18.9 Å². The van der Waals surface area contributed by atoms with Gasteiger partial charge in [-0.25, -0.2) is 0 Å². The molecule has 1 unspecified atom stereocenters. The Kier molecular flexibility index (Phi) is 6.24. The zero-order valence-electron chi connectivity index (χ0n) is 18.5. The molecular weight excluding hydrogens is 423 g/mol. The molecule has 6 nitrogen and oxygen atoms in total. The van der Waals surface area contributed by atoms with Gasteiger partial charge in [0, 0.05) is 26.2 Å². The predicted molar refractivity (Wildman–Crippen MR) is 112 cm³/mol. The largest absolute Gasteiger partial charge is 0.417 e. The molecule has 1 saturated carbocycles. The molecule has 3 fully saturated rings. The van der Waals surface area contributed by atoms with Crippen molar-refractivity contribution in [1.29, 1.82) is 0 Å². The summed E-state index contributed by atoms with van der Waals surface area (Å²) in [5.74, 6) is -0.583. The first kappa shape index (κ1) is 23.0. The molecule has 1 aromatic rings. The lowest BCUT2D eigenvalue weighted by Gasteiger charge is -2.44. The summed E-state index contributed by atoms with van der Waals surface area (Å²) in [6.07, 6.45) is -2.06. The van der Waals surface area contributed by atoms with Gasteiger partial charge in [0.15, 0.2) is 0 Å². The number of amides is 2. The number of halogens is 3. The Morgan fingerprint density at radius 1 is 1.06 bits per heavy atom. The minimum absolute atomic E-state index is 0.0134. The van der Waals surface area contributed by atoms with Crippen LogP contribution in [0.1, 0.15) is 48.5 Å². The number of rotatable bonds is 2. The lowest BCUT2D eigenvalue weighted by atomic mass is 9.83. The number of carbonyl (C=O) groups excluding carboxylic acids is 2. The normalized spacial score (nSPS) is 29.5. The Balaban J connectivity index is 1.70. The molecule has 0 aromatic heterocycles. The highest BCUT2D eigenvalue weighted by atomic mass is 19.4. The molecule has 2 amide bonds. The first-order valence-corrected chi connectivity index (χ1v) is 11.2. The van der Waals surface area contributed by atoms with Crippen LogP contribution < -0.4 is 0 Å². The summed E-state index contributed by atoms with van der Waals surface area (Å²) in [6.45, 7) is 4.60. The third-order valence-corrected chi connectivity index (χ3v) is 7.10. The molecule has 2 saturated heterocycles. The van der Waals surface area contributed by atoms with Crippen molar-refractivity contribution in [2.75, 3.05) is 39.8 Å². The molecule has 1 atom stereocenters. The van der Waals surface area contributed by atoms with Gasteiger partial charge in [-0.3, -0.25) is 14.5 Å². The van der Waals surface area contributed by atoms with E-state index in [9.17, 15) is 22.8 Å². The first-order chi connectivity index (χ1) is 15.1. The van der Waals surface area contributed by atoms with Crippen LogP contribution in [0, 0.1) is 5.92 Å². The highest BCUT2D eigenvalue weighted by Gasteiger charge is 2.55. The fraction of sp³-hybridized carbons (Fsp3) is 0.652. The van der Waals surface area contributed by atoms with E-state index in [2.05, 4.69) is 11.8 Å². The standard InChI is InChI=1S/C23H30F3N3O3/c1-16-7-9-22(10-8-16)29(20(30)17-5-3-4-6-18(17)23(24,25)26)19(15-32-22)21(31)28-13-11-27(2)12-14-28/h3-6,16,19H,7-15H2,1-2H3. The van der Waals surface area contributed by atoms with Crippen LogP contribution in [-0.2, 0) is 15.7 Å². The van der Waals surface area contributed by atoms with Gasteiger partial charge in [-0.15, -0.1) is 0 Å². The molecule has 0 bridgehead atoms. The molecule has 3 aliphatic rings. The van der Waals surface area contributed by atoms with E-state index in [-0.39, 0.29) is 12.5 Å². The molecule has 4 rings (SSSR count).